The van der Waals surface area contributed by atoms with Crippen molar-refractivity contribution in [2.24, 2.45) is 0 Å². The van der Waals surface area contributed by atoms with Crippen molar-refractivity contribution < 1.29 is 17.9 Å². The van der Waals surface area contributed by atoms with Crippen LogP contribution in [0.3, 0.4) is 0 Å². The van der Waals surface area contributed by atoms with E-state index in [-0.39, 0.29) is 10.8 Å². The Balaban J connectivity index is 1.35. The van der Waals surface area contributed by atoms with E-state index < -0.39 is 10.0 Å². The van der Waals surface area contributed by atoms with E-state index in [1.165, 1.54) is 30.5 Å². The van der Waals surface area contributed by atoms with Crippen molar-refractivity contribution in [1.29, 1.82) is 0 Å². The Hall–Kier alpha value is -3.36. The van der Waals surface area contributed by atoms with Crippen LogP contribution in [-0.2, 0) is 16.6 Å². The van der Waals surface area contributed by atoms with E-state index in [2.05, 4.69) is 14.9 Å². The van der Waals surface area contributed by atoms with Gasteiger partial charge in [-0.1, -0.05) is 12.1 Å². The molecule has 2 N–H and O–H groups in total. The number of nitrogens with one attached hydrogen (secondary N) is 2. The van der Waals surface area contributed by atoms with Gasteiger partial charge in [0.05, 0.1) is 11.5 Å². The Morgan fingerprint density at radius 2 is 1.50 bits per heavy atom. The lowest BCUT2D eigenvalue weighted by molar-refractivity contribution is 0.102. The highest BCUT2D eigenvalue weighted by atomic mass is 32.2. The number of nitrogens with zero attached hydrogens (tertiary/aromatic N) is 1. The van der Waals surface area contributed by atoms with Gasteiger partial charge in [-0.2, -0.15) is 0 Å². The molecule has 0 atom stereocenters. The van der Waals surface area contributed by atoms with E-state index in [0.29, 0.717) is 29.3 Å². The Kier molecular flexibility index (Phi) is 7.49. The number of anilines is 2. The maximum absolute atomic E-state index is 12.7. The molecule has 178 valence electrons. The predicted molar refractivity (Wildman–Crippen MR) is 134 cm³/mol. The molecule has 1 heterocycles. The summed E-state index contributed by atoms with van der Waals surface area (Å²) in [7, 11) is -3.76. The minimum Gasteiger partial charge on any atom is -0.494 e. The topological polar surface area (TPSA) is 87.7 Å². The number of carbonyl (C=O) groups is 1. The summed E-state index contributed by atoms with van der Waals surface area (Å²) >= 11 is 0. The summed E-state index contributed by atoms with van der Waals surface area (Å²) in [4.78, 5) is 15.1. The molecule has 1 amide bonds. The van der Waals surface area contributed by atoms with Gasteiger partial charge in [0.1, 0.15) is 5.75 Å². The molecule has 0 unspecified atom stereocenters. The van der Waals surface area contributed by atoms with Crippen LogP contribution in [0.5, 0.6) is 5.75 Å². The van der Waals surface area contributed by atoms with Crippen LogP contribution >= 0.6 is 0 Å². The molecule has 3 aromatic rings. The summed E-state index contributed by atoms with van der Waals surface area (Å²) < 4.78 is 33.3. The maximum Gasteiger partial charge on any atom is 0.261 e. The monoisotopic (exact) mass is 479 g/mol. The number of likely N-dealkylation sites (tertiary alicyclic amines) is 1. The van der Waals surface area contributed by atoms with Gasteiger partial charge in [-0.15, -0.1) is 0 Å². The van der Waals surface area contributed by atoms with E-state index in [9.17, 15) is 13.2 Å². The summed E-state index contributed by atoms with van der Waals surface area (Å²) in [6.45, 7) is 5.59. The Labute approximate surface area is 200 Å². The zero-order chi connectivity index (χ0) is 24.0. The predicted octanol–water partition coefficient (Wildman–Crippen LogP) is 4.73. The first kappa shape index (κ1) is 23.8. The minimum atomic E-state index is -3.76. The fraction of sp³-hybridized carbons (Fsp3) is 0.269. The van der Waals surface area contributed by atoms with Crippen LogP contribution in [0, 0.1) is 0 Å². The van der Waals surface area contributed by atoms with Crippen molar-refractivity contribution >= 4 is 27.3 Å². The molecule has 0 saturated carbocycles. The molecule has 34 heavy (non-hydrogen) atoms. The molecule has 8 heteroatoms. The van der Waals surface area contributed by atoms with Crippen LogP contribution in [-0.4, -0.2) is 38.9 Å². The summed E-state index contributed by atoms with van der Waals surface area (Å²) in [6, 6.07) is 20.4. The fourth-order valence-electron chi connectivity index (χ4n) is 3.88. The third kappa shape index (κ3) is 6.15. The number of ether oxygens (including phenoxy) is 1. The average Bonchev–Trinajstić information content (AvgIpc) is 3.34. The number of hydrogen-bond acceptors (Lipinski definition) is 5. The molecule has 0 bridgehead atoms. The summed E-state index contributed by atoms with van der Waals surface area (Å²) in [6.07, 6.45) is 2.50. The van der Waals surface area contributed by atoms with Gasteiger partial charge in [-0.25, -0.2) is 8.42 Å². The number of carbonyl (C=O) groups excluding carboxylic acids is 1. The van der Waals surface area contributed by atoms with Gasteiger partial charge in [0.15, 0.2) is 0 Å². The van der Waals surface area contributed by atoms with Gasteiger partial charge in [0.2, 0.25) is 0 Å². The minimum absolute atomic E-state index is 0.102. The summed E-state index contributed by atoms with van der Waals surface area (Å²) in [5, 5.41) is 2.82. The van der Waals surface area contributed by atoms with Crippen molar-refractivity contribution in [1.82, 2.24) is 4.90 Å². The van der Waals surface area contributed by atoms with E-state index in [1.54, 1.807) is 36.4 Å². The number of benzene rings is 3. The standard InChI is InChI=1S/C26H29N3O4S/c1-2-33-24-13-9-23(10-14-24)28-34(31,32)25-15-11-22(12-16-25)27-26(30)21-7-5-20(6-8-21)19-29-17-3-4-18-29/h5-16,28H,2-4,17-19H2,1H3,(H,27,30). The largest absolute Gasteiger partial charge is 0.494 e. The second-order valence-corrected chi connectivity index (χ2v) is 9.90. The van der Waals surface area contributed by atoms with E-state index in [4.69, 9.17) is 4.74 Å². The second kappa shape index (κ2) is 10.7. The molecule has 1 saturated heterocycles. The summed E-state index contributed by atoms with van der Waals surface area (Å²) in [5.74, 6) is 0.433. The lowest BCUT2D eigenvalue weighted by Gasteiger charge is -2.14. The van der Waals surface area contributed by atoms with Gasteiger partial charge in [0.25, 0.3) is 15.9 Å². The van der Waals surface area contributed by atoms with E-state index >= 15 is 0 Å². The highest BCUT2D eigenvalue weighted by Gasteiger charge is 2.15. The van der Waals surface area contributed by atoms with E-state index in [1.807, 2.05) is 31.2 Å². The highest BCUT2D eigenvalue weighted by Crippen LogP contribution is 2.21. The van der Waals surface area contributed by atoms with Crippen molar-refractivity contribution in [2.45, 2.75) is 31.2 Å². The Morgan fingerprint density at radius 1 is 0.882 bits per heavy atom. The molecular formula is C26H29N3O4S. The maximum atomic E-state index is 12.7. The number of hydrogen-bond donors (Lipinski definition) is 2. The molecule has 0 radical (unpaired) electrons. The van der Waals surface area contributed by atoms with Crippen LogP contribution in [0.15, 0.2) is 77.7 Å². The lowest BCUT2D eigenvalue weighted by atomic mass is 10.1. The van der Waals surface area contributed by atoms with Crippen LogP contribution < -0.4 is 14.8 Å². The average molecular weight is 480 g/mol. The van der Waals surface area contributed by atoms with Crippen LogP contribution in [0.25, 0.3) is 0 Å². The number of rotatable bonds is 9. The van der Waals surface area contributed by atoms with E-state index in [0.717, 1.165) is 19.6 Å². The lowest BCUT2D eigenvalue weighted by Crippen LogP contribution is -2.18. The van der Waals surface area contributed by atoms with Gasteiger partial charge >= 0.3 is 0 Å². The third-order valence-electron chi connectivity index (χ3n) is 5.66. The summed E-state index contributed by atoms with van der Waals surface area (Å²) in [5.41, 5.74) is 2.70. The fourth-order valence-corrected chi connectivity index (χ4v) is 4.94. The molecule has 1 aliphatic rings. The van der Waals surface area contributed by atoms with Crippen LogP contribution in [0.4, 0.5) is 11.4 Å². The first-order valence-electron chi connectivity index (χ1n) is 11.4. The van der Waals surface area contributed by atoms with Crippen LogP contribution in [0.1, 0.15) is 35.7 Å². The highest BCUT2D eigenvalue weighted by molar-refractivity contribution is 7.92. The third-order valence-corrected chi connectivity index (χ3v) is 7.06. The van der Waals surface area contributed by atoms with Crippen molar-refractivity contribution in [3.8, 4) is 5.75 Å². The molecule has 0 aliphatic carbocycles. The normalized spacial score (nSPS) is 14.0. The molecule has 0 aromatic heterocycles. The Morgan fingerprint density at radius 3 is 2.12 bits per heavy atom. The molecule has 1 aliphatic heterocycles. The zero-order valence-corrected chi connectivity index (χ0v) is 20.0. The molecule has 0 spiro atoms. The quantitative estimate of drug-likeness (QED) is 0.463. The SMILES string of the molecule is CCOc1ccc(NS(=O)(=O)c2ccc(NC(=O)c3ccc(CN4CCCC4)cc3)cc2)cc1. The smallest absolute Gasteiger partial charge is 0.261 e. The van der Waals surface area contributed by atoms with Gasteiger partial charge in [0, 0.05) is 23.5 Å². The molecular weight excluding hydrogens is 450 g/mol. The molecule has 3 aromatic carbocycles. The first-order chi connectivity index (χ1) is 16.4. The zero-order valence-electron chi connectivity index (χ0n) is 19.2. The number of amides is 1. The van der Waals surface area contributed by atoms with Gasteiger partial charge in [-0.3, -0.25) is 14.4 Å². The molecule has 1 fully saturated rings. The van der Waals surface area contributed by atoms with Gasteiger partial charge < -0.3 is 10.1 Å². The first-order valence-corrected chi connectivity index (χ1v) is 12.9. The van der Waals surface area contributed by atoms with Crippen molar-refractivity contribution in [2.75, 3.05) is 29.7 Å². The Bertz CT molecular complexity index is 1200. The molecule has 7 nitrogen and oxygen atoms in total. The number of sulfonamides is 1. The van der Waals surface area contributed by atoms with Crippen molar-refractivity contribution in [3.05, 3.63) is 83.9 Å². The van der Waals surface area contributed by atoms with Gasteiger partial charge in [-0.05, 0) is 99.1 Å². The second-order valence-electron chi connectivity index (χ2n) is 8.22. The van der Waals surface area contributed by atoms with Crippen molar-refractivity contribution in [3.63, 3.8) is 0 Å². The van der Waals surface area contributed by atoms with Crippen LogP contribution in [0.2, 0.25) is 0 Å². The molecule has 4 rings (SSSR count).